The molecule has 0 aliphatic rings. The van der Waals surface area contributed by atoms with Crippen molar-refractivity contribution in [3.63, 3.8) is 0 Å². The van der Waals surface area contributed by atoms with Gasteiger partial charge in [-0.05, 0) is 84.0 Å². The SMILES string of the molecule is CCn1nc(C)cc1C(=O)Nc1nc2cc(C(N)=O)cc(O)c2n1C/C=C/Cn1c(NC(=O)c2cc(C)nn2CC)nc2cc(C(N)=O)cc(OC/C=C/Cn3cc(NC(C)C)cn3)c21. The Hall–Kier alpha value is -8.23. The number of nitrogens with one attached hydrogen (secondary N) is 3. The molecule has 5 aromatic heterocycles. The van der Waals surface area contributed by atoms with Crippen molar-refractivity contribution in [2.45, 2.75) is 80.3 Å². The number of phenolic OH excluding ortho intramolecular Hbond substituents is 1. The summed E-state index contributed by atoms with van der Waals surface area (Å²) in [5.74, 6) is -2.19. The van der Waals surface area contributed by atoms with Crippen LogP contribution < -0.4 is 32.2 Å². The van der Waals surface area contributed by atoms with Crippen molar-refractivity contribution >= 4 is 63.3 Å². The first-order valence-electron chi connectivity index (χ1n) is 20.9. The second kappa shape index (κ2) is 19.0. The maximum atomic E-state index is 13.8. The van der Waals surface area contributed by atoms with E-state index in [0.717, 1.165) is 5.69 Å². The molecule has 4 amide bonds. The van der Waals surface area contributed by atoms with Gasteiger partial charge in [-0.2, -0.15) is 15.3 Å². The molecule has 0 radical (unpaired) electrons. The van der Waals surface area contributed by atoms with Crippen LogP contribution in [0.5, 0.6) is 11.5 Å². The highest BCUT2D eigenvalue weighted by atomic mass is 16.5. The molecule has 0 saturated heterocycles. The Morgan fingerprint density at radius 1 is 0.738 bits per heavy atom. The average molecular weight is 886 g/mol. The second-order valence-corrected chi connectivity index (χ2v) is 15.4. The minimum Gasteiger partial charge on any atom is -0.506 e. The number of carbonyl (C=O) groups excluding carboxylic acids is 4. The molecule has 0 aliphatic carbocycles. The van der Waals surface area contributed by atoms with E-state index < -0.39 is 23.6 Å². The predicted molar refractivity (Wildman–Crippen MR) is 244 cm³/mol. The third kappa shape index (κ3) is 9.88. The molecular weight excluding hydrogens is 835 g/mol. The summed E-state index contributed by atoms with van der Waals surface area (Å²) in [5, 5.41) is 33.4. The molecule has 0 fully saturated rings. The Morgan fingerprint density at radius 2 is 1.26 bits per heavy atom. The molecule has 0 aliphatic heterocycles. The molecule has 21 nitrogen and oxygen atoms in total. The number of primary amides is 2. The lowest BCUT2D eigenvalue weighted by Gasteiger charge is -2.12. The van der Waals surface area contributed by atoms with Gasteiger partial charge in [0.05, 0.1) is 40.9 Å². The average Bonchev–Trinajstić information content (AvgIpc) is 4.09. The highest BCUT2D eigenvalue weighted by molar-refractivity contribution is 6.05. The van der Waals surface area contributed by atoms with Gasteiger partial charge in [-0.3, -0.25) is 43.9 Å². The molecule has 8 N–H and O–H groups in total. The zero-order valence-electron chi connectivity index (χ0n) is 36.9. The number of anilines is 3. The fourth-order valence-electron chi connectivity index (χ4n) is 7.31. The lowest BCUT2D eigenvalue weighted by Crippen LogP contribution is -2.20. The third-order valence-corrected chi connectivity index (χ3v) is 10.1. The molecule has 0 spiro atoms. The Labute approximate surface area is 372 Å². The Kier molecular flexibility index (Phi) is 13.1. The van der Waals surface area contributed by atoms with Crippen LogP contribution in [0.4, 0.5) is 17.6 Å². The van der Waals surface area contributed by atoms with Crippen molar-refractivity contribution < 1.29 is 29.0 Å². The number of rotatable bonds is 19. The van der Waals surface area contributed by atoms with E-state index in [1.807, 2.05) is 46.0 Å². The summed E-state index contributed by atoms with van der Waals surface area (Å²) in [6.07, 6.45) is 10.9. The molecular formula is C44H51N15O6. The van der Waals surface area contributed by atoms with Crippen molar-refractivity contribution in [2.75, 3.05) is 22.6 Å². The molecule has 0 unspecified atom stereocenters. The fraction of sp³-hybridized carbons (Fsp3) is 0.295. The summed E-state index contributed by atoms with van der Waals surface area (Å²) < 4.78 is 14.5. The number of aryl methyl sites for hydroxylation is 4. The molecule has 0 saturated carbocycles. The van der Waals surface area contributed by atoms with Gasteiger partial charge in [-0.1, -0.05) is 18.2 Å². The van der Waals surface area contributed by atoms with E-state index in [4.69, 9.17) is 21.2 Å². The van der Waals surface area contributed by atoms with E-state index in [2.05, 4.69) is 36.2 Å². The summed E-state index contributed by atoms with van der Waals surface area (Å²) in [6, 6.07) is 9.31. The van der Waals surface area contributed by atoms with Gasteiger partial charge in [-0.25, -0.2) is 9.97 Å². The lowest BCUT2D eigenvalue weighted by atomic mass is 10.1. The molecule has 2 aromatic carbocycles. The van der Waals surface area contributed by atoms with Crippen molar-refractivity contribution in [1.82, 2.24) is 48.4 Å². The van der Waals surface area contributed by atoms with Gasteiger partial charge in [0.25, 0.3) is 11.8 Å². The number of nitrogens with two attached hydrogens (primary N) is 2. The van der Waals surface area contributed by atoms with Gasteiger partial charge in [-0.15, -0.1) is 0 Å². The van der Waals surface area contributed by atoms with E-state index in [9.17, 15) is 24.3 Å². The van der Waals surface area contributed by atoms with E-state index in [1.165, 1.54) is 24.3 Å². The van der Waals surface area contributed by atoms with Crippen LogP contribution in [0.3, 0.4) is 0 Å². The van der Waals surface area contributed by atoms with Crippen molar-refractivity contribution in [3.05, 3.63) is 107 Å². The normalized spacial score (nSPS) is 11.7. The topological polar surface area (TPSA) is 275 Å². The number of aromatic hydroxyl groups is 1. The first kappa shape index (κ1) is 44.8. The quantitative estimate of drug-likeness (QED) is 0.0601. The number of imidazole rings is 2. The monoisotopic (exact) mass is 885 g/mol. The Bertz CT molecular complexity index is 3000. The third-order valence-electron chi connectivity index (χ3n) is 10.1. The summed E-state index contributed by atoms with van der Waals surface area (Å²) >= 11 is 0. The maximum absolute atomic E-state index is 13.8. The predicted octanol–water partition coefficient (Wildman–Crippen LogP) is 4.75. The maximum Gasteiger partial charge on any atom is 0.276 e. The van der Waals surface area contributed by atoms with Crippen LogP contribution in [-0.4, -0.2) is 89.8 Å². The summed E-state index contributed by atoms with van der Waals surface area (Å²) in [5.41, 5.74) is 15.6. The number of phenols is 1. The van der Waals surface area contributed by atoms with Gasteiger partial charge in [0.1, 0.15) is 40.5 Å². The standard InChI is InChI=1S/C44H51N15O6/c1-7-58-33(17-26(5)53-58)41(63)51-43-49-31-19-28(39(45)61)21-35(60)37(31)56(43)14-9-10-15-57-38-32(50-44(57)52-42(64)34-18-27(6)54-59(34)8-2)20-29(40(46)62)22-36(38)65-16-12-11-13-55-24-30(23-47-55)48-25(3)4/h9-12,17-25,48,60H,7-8,13-16H2,1-6H3,(H2,45,61)(H2,46,62)(H,49,51,63)(H,50,52,64)/b10-9+,12-11+. The van der Waals surface area contributed by atoms with Crippen LogP contribution in [0.1, 0.15) is 80.8 Å². The summed E-state index contributed by atoms with van der Waals surface area (Å²) in [4.78, 5) is 61.4. The van der Waals surface area contributed by atoms with Crippen LogP contribution in [0.15, 0.2) is 73.1 Å². The number of fused-ring (bicyclic) bond motifs is 2. The smallest absolute Gasteiger partial charge is 0.276 e. The highest BCUT2D eigenvalue weighted by Gasteiger charge is 2.23. The molecule has 21 heteroatoms. The van der Waals surface area contributed by atoms with Gasteiger partial charge < -0.3 is 35.8 Å². The first-order valence-corrected chi connectivity index (χ1v) is 20.9. The zero-order valence-corrected chi connectivity index (χ0v) is 36.9. The number of hydrogen-bond acceptors (Lipinski definition) is 12. The Balaban J connectivity index is 1.23. The lowest BCUT2D eigenvalue weighted by molar-refractivity contribution is 0.0991. The van der Waals surface area contributed by atoms with E-state index in [0.29, 0.717) is 53.4 Å². The molecule has 7 rings (SSSR count). The van der Waals surface area contributed by atoms with Crippen LogP contribution in [0, 0.1) is 13.8 Å². The molecule has 338 valence electrons. The van der Waals surface area contributed by atoms with Crippen LogP contribution in [0.25, 0.3) is 22.1 Å². The molecule has 5 heterocycles. The van der Waals surface area contributed by atoms with Gasteiger partial charge >= 0.3 is 0 Å². The Morgan fingerprint density at radius 3 is 1.80 bits per heavy atom. The second-order valence-electron chi connectivity index (χ2n) is 15.4. The van der Waals surface area contributed by atoms with E-state index in [-0.39, 0.29) is 71.3 Å². The van der Waals surface area contributed by atoms with Crippen molar-refractivity contribution in [1.29, 1.82) is 0 Å². The van der Waals surface area contributed by atoms with Gasteiger partial charge in [0.2, 0.25) is 23.7 Å². The molecule has 7 aromatic rings. The van der Waals surface area contributed by atoms with Crippen LogP contribution >= 0.6 is 0 Å². The van der Waals surface area contributed by atoms with Crippen molar-refractivity contribution in [3.8, 4) is 11.5 Å². The van der Waals surface area contributed by atoms with Crippen molar-refractivity contribution in [2.24, 2.45) is 11.5 Å². The molecule has 0 atom stereocenters. The fourth-order valence-corrected chi connectivity index (χ4v) is 7.31. The number of allylic oxidation sites excluding steroid dienone is 3. The number of carbonyl (C=O) groups is 4. The molecule has 65 heavy (non-hydrogen) atoms. The molecule has 0 bridgehead atoms. The number of ether oxygens (including phenoxy) is 1. The first-order chi connectivity index (χ1) is 31.1. The van der Waals surface area contributed by atoms with Crippen LogP contribution in [0.2, 0.25) is 0 Å². The number of amides is 4. The van der Waals surface area contributed by atoms with Crippen LogP contribution in [-0.2, 0) is 32.7 Å². The number of nitrogens with zero attached hydrogens (tertiary/aromatic N) is 10. The summed E-state index contributed by atoms with van der Waals surface area (Å²) in [7, 11) is 0. The highest BCUT2D eigenvalue weighted by Crippen LogP contribution is 2.33. The van der Waals surface area contributed by atoms with E-state index >= 15 is 0 Å². The van der Waals surface area contributed by atoms with Gasteiger partial charge in [0, 0.05) is 49.5 Å². The number of aromatic nitrogens is 10. The summed E-state index contributed by atoms with van der Waals surface area (Å²) in [6.45, 7) is 13.1. The minimum atomic E-state index is -0.765. The minimum absolute atomic E-state index is 0.0330. The van der Waals surface area contributed by atoms with Gasteiger partial charge in [0.15, 0.2) is 0 Å². The largest absolute Gasteiger partial charge is 0.506 e. The zero-order chi connectivity index (χ0) is 46.5. The number of hydrogen-bond donors (Lipinski definition) is 6. The number of benzene rings is 2. The van der Waals surface area contributed by atoms with E-state index in [1.54, 1.807) is 67.5 Å².